The molecule has 0 amide bonds. The highest BCUT2D eigenvalue weighted by Crippen LogP contribution is 2.34. The Morgan fingerprint density at radius 3 is 2.37 bits per heavy atom. The number of carbonyl (C=O) groups is 1. The first-order valence-electron chi connectivity index (χ1n) is 5.82. The summed E-state index contributed by atoms with van der Waals surface area (Å²) in [6, 6.07) is 14.4. The highest BCUT2D eigenvalue weighted by Gasteiger charge is 2.25. The van der Waals surface area contributed by atoms with Crippen molar-refractivity contribution in [3.05, 3.63) is 70.2 Å². The van der Waals surface area contributed by atoms with E-state index < -0.39 is 5.66 Å². The molecule has 2 aromatic carbocycles. The summed E-state index contributed by atoms with van der Waals surface area (Å²) < 4.78 is 11.4. The molecule has 0 aliphatic carbocycles. The van der Waals surface area contributed by atoms with Crippen LogP contribution in [0.2, 0.25) is 5.02 Å². The second-order valence-corrected chi connectivity index (χ2v) is 5.35. The predicted octanol–water partition coefficient (Wildman–Crippen LogP) is 4.86. The average Bonchev–Trinajstić information content (AvgIpc) is 2.40. The number of hydrogen-bond acceptors (Lipinski definition) is 2. The van der Waals surface area contributed by atoms with Crippen molar-refractivity contribution in [1.29, 1.82) is 0 Å². The van der Waals surface area contributed by atoms with E-state index in [2.05, 4.69) is 0 Å². The van der Waals surface area contributed by atoms with E-state index in [4.69, 9.17) is 11.6 Å². The third-order valence-corrected chi connectivity index (χ3v) is 4.00. The molecule has 0 spiro atoms. The van der Waals surface area contributed by atoms with Crippen LogP contribution in [-0.4, -0.2) is 5.78 Å². The summed E-state index contributed by atoms with van der Waals surface area (Å²) in [6.07, 6.45) is 0. The van der Waals surface area contributed by atoms with E-state index in [0.717, 1.165) is 11.1 Å². The zero-order chi connectivity index (χ0) is 13.8. The first-order chi connectivity index (χ1) is 9.15. The molecule has 0 aliphatic rings. The maximum absolute atomic E-state index is 12.5. The van der Waals surface area contributed by atoms with Gasteiger partial charge in [0.05, 0.1) is 5.02 Å². The van der Waals surface area contributed by atoms with Crippen molar-refractivity contribution < 1.29 is 9.36 Å². The monoisotopic (exact) mass is 290 g/mol. The maximum Gasteiger partial charge on any atom is 0.183 e. The number of Topliss-reactive ketones (excluding diaryl/α,β-unsaturated/α-hetero) is 1. The first-order valence-corrected chi connectivity index (χ1v) is 7.08. The Balaban J connectivity index is 2.45. The average molecular weight is 291 g/mol. The van der Waals surface area contributed by atoms with Crippen molar-refractivity contribution in [2.24, 2.45) is 0 Å². The van der Waals surface area contributed by atoms with Crippen LogP contribution < -0.4 is 0 Å². The van der Waals surface area contributed by atoms with Crippen LogP contribution in [0.5, 0.6) is 0 Å². The summed E-state index contributed by atoms with van der Waals surface area (Å²) in [4.78, 5) is 12.5. The van der Waals surface area contributed by atoms with Gasteiger partial charge in [-0.3, -0.25) is 9.36 Å². The smallest absolute Gasteiger partial charge is 0.183 e. The standard InChI is InChI=1S/C15H12ClO2P/c1-10-6-5-9-12(16)13(10)14(17)15(19-18)11-7-3-2-4-8-11/h2-9,15H,1H3. The molecule has 0 aromatic heterocycles. The molecule has 0 radical (unpaired) electrons. The third-order valence-electron chi connectivity index (χ3n) is 2.94. The Bertz CT molecular complexity index is 591. The molecule has 0 N–H and O–H groups in total. The van der Waals surface area contributed by atoms with Crippen LogP contribution in [0.4, 0.5) is 0 Å². The number of benzene rings is 2. The fraction of sp³-hybridized carbons (Fsp3) is 0.133. The second kappa shape index (κ2) is 6.10. The predicted molar refractivity (Wildman–Crippen MR) is 77.3 cm³/mol. The molecular formula is C15H12ClO2P. The lowest BCUT2D eigenvalue weighted by molar-refractivity contribution is 0.0987. The number of aryl methyl sites for hydroxylation is 1. The van der Waals surface area contributed by atoms with Crippen LogP contribution in [0, 0.1) is 6.92 Å². The van der Waals surface area contributed by atoms with Gasteiger partial charge in [-0.1, -0.05) is 54.1 Å². The molecule has 1 unspecified atom stereocenters. The third kappa shape index (κ3) is 2.91. The lowest BCUT2D eigenvalue weighted by atomic mass is 9.98. The van der Waals surface area contributed by atoms with Crippen molar-refractivity contribution in [3.8, 4) is 0 Å². The summed E-state index contributed by atoms with van der Waals surface area (Å²) in [5, 5.41) is 0.398. The molecule has 96 valence electrons. The van der Waals surface area contributed by atoms with Crippen LogP contribution in [0.1, 0.15) is 27.1 Å². The van der Waals surface area contributed by atoms with Gasteiger partial charge >= 0.3 is 0 Å². The van der Waals surface area contributed by atoms with E-state index in [-0.39, 0.29) is 14.2 Å². The zero-order valence-electron chi connectivity index (χ0n) is 10.3. The molecule has 2 nitrogen and oxygen atoms in total. The zero-order valence-corrected chi connectivity index (χ0v) is 12.0. The Kier molecular flexibility index (Phi) is 4.47. The minimum atomic E-state index is -0.709. The van der Waals surface area contributed by atoms with Crippen LogP contribution in [0.3, 0.4) is 0 Å². The van der Waals surface area contributed by atoms with Crippen molar-refractivity contribution in [2.75, 3.05) is 0 Å². The van der Waals surface area contributed by atoms with Crippen molar-refractivity contribution in [3.63, 3.8) is 0 Å². The molecule has 0 heterocycles. The van der Waals surface area contributed by atoms with Crippen molar-refractivity contribution in [2.45, 2.75) is 12.6 Å². The van der Waals surface area contributed by atoms with Gasteiger partial charge in [-0.25, -0.2) is 0 Å². The van der Waals surface area contributed by atoms with E-state index in [0.29, 0.717) is 10.6 Å². The Morgan fingerprint density at radius 2 is 1.79 bits per heavy atom. The second-order valence-electron chi connectivity index (χ2n) is 4.21. The quantitative estimate of drug-likeness (QED) is 0.595. The normalized spacial score (nSPS) is 12.3. The van der Waals surface area contributed by atoms with Gasteiger partial charge < -0.3 is 0 Å². The molecule has 0 saturated heterocycles. The molecule has 0 bridgehead atoms. The summed E-state index contributed by atoms with van der Waals surface area (Å²) >= 11 is 6.09. The van der Waals surface area contributed by atoms with E-state index in [1.54, 1.807) is 24.3 Å². The minimum Gasteiger partial charge on any atom is -0.293 e. The summed E-state index contributed by atoms with van der Waals surface area (Å²) in [5.41, 5.74) is 1.26. The first kappa shape index (κ1) is 13.9. The molecular weight excluding hydrogens is 279 g/mol. The van der Waals surface area contributed by atoms with Crippen molar-refractivity contribution >= 4 is 25.8 Å². The lowest BCUT2D eigenvalue weighted by Crippen LogP contribution is -2.10. The fourth-order valence-electron chi connectivity index (χ4n) is 1.98. The van der Waals surface area contributed by atoms with Gasteiger partial charge in [0, 0.05) is 5.56 Å². The molecule has 2 rings (SSSR count). The highest BCUT2D eigenvalue weighted by molar-refractivity contribution is 7.26. The van der Waals surface area contributed by atoms with E-state index in [9.17, 15) is 9.36 Å². The van der Waals surface area contributed by atoms with E-state index >= 15 is 0 Å². The van der Waals surface area contributed by atoms with Crippen LogP contribution in [-0.2, 0) is 4.57 Å². The Labute approximate surface area is 118 Å². The largest absolute Gasteiger partial charge is 0.293 e. The molecule has 19 heavy (non-hydrogen) atoms. The topological polar surface area (TPSA) is 34.1 Å². The van der Waals surface area contributed by atoms with Gasteiger partial charge in [0.15, 0.2) is 14.2 Å². The Hall–Kier alpha value is -1.50. The minimum absolute atomic E-state index is 0.217. The number of halogens is 1. The van der Waals surface area contributed by atoms with E-state index in [1.807, 2.05) is 31.2 Å². The molecule has 4 heteroatoms. The van der Waals surface area contributed by atoms with Crippen molar-refractivity contribution in [1.82, 2.24) is 0 Å². The van der Waals surface area contributed by atoms with Crippen LogP contribution >= 0.6 is 20.1 Å². The molecule has 0 fully saturated rings. The van der Waals surface area contributed by atoms with Gasteiger partial charge in [-0.05, 0) is 24.1 Å². The van der Waals surface area contributed by atoms with Gasteiger partial charge in [-0.15, -0.1) is 0 Å². The molecule has 1 atom stereocenters. The summed E-state index contributed by atoms with van der Waals surface area (Å²) in [6.45, 7) is 1.82. The number of rotatable bonds is 4. The van der Waals surface area contributed by atoms with Gasteiger partial charge in [0.1, 0.15) is 5.66 Å². The van der Waals surface area contributed by atoms with E-state index in [1.165, 1.54) is 0 Å². The lowest BCUT2D eigenvalue weighted by Gasteiger charge is -2.12. The summed E-state index contributed by atoms with van der Waals surface area (Å²) in [5.74, 6) is -0.217. The number of ketones is 1. The fourth-order valence-corrected chi connectivity index (χ4v) is 2.81. The van der Waals surface area contributed by atoms with Crippen LogP contribution in [0.25, 0.3) is 0 Å². The number of carbonyl (C=O) groups excluding carboxylic acids is 1. The van der Waals surface area contributed by atoms with Gasteiger partial charge in [0.25, 0.3) is 0 Å². The summed E-state index contributed by atoms with van der Waals surface area (Å²) in [7, 11) is -0.224. The Morgan fingerprint density at radius 1 is 1.11 bits per heavy atom. The molecule has 0 saturated carbocycles. The maximum atomic E-state index is 12.5. The highest BCUT2D eigenvalue weighted by atomic mass is 35.5. The van der Waals surface area contributed by atoms with Crippen LogP contribution in [0.15, 0.2) is 48.5 Å². The van der Waals surface area contributed by atoms with Gasteiger partial charge in [-0.2, -0.15) is 0 Å². The molecule has 0 aliphatic heterocycles. The van der Waals surface area contributed by atoms with Gasteiger partial charge in [0.2, 0.25) is 0 Å². The molecule has 2 aromatic rings. The number of hydrogen-bond donors (Lipinski definition) is 0. The SMILES string of the molecule is Cc1cccc(Cl)c1C(=O)C(P=O)c1ccccc1.